The lowest BCUT2D eigenvalue weighted by molar-refractivity contribution is 0.0717. The molecule has 2 N–H and O–H groups in total. The van der Waals surface area contributed by atoms with Gasteiger partial charge in [0.15, 0.2) is 0 Å². The van der Waals surface area contributed by atoms with Gasteiger partial charge in [0.2, 0.25) is 0 Å². The molecule has 2 atom stereocenters. The van der Waals surface area contributed by atoms with Gasteiger partial charge in [0.1, 0.15) is 0 Å². The smallest absolute Gasteiger partial charge is 0.251 e. The molecule has 4 heteroatoms. The molecular formula is C13H16ClNO2. The van der Waals surface area contributed by atoms with Gasteiger partial charge >= 0.3 is 0 Å². The van der Waals surface area contributed by atoms with E-state index >= 15 is 0 Å². The molecule has 1 aliphatic rings. The first-order chi connectivity index (χ1) is 8.16. The molecule has 0 heterocycles. The highest BCUT2D eigenvalue weighted by molar-refractivity contribution is 6.30. The van der Waals surface area contributed by atoms with Crippen LogP contribution in [-0.4, -0.2) is 23.2 Å². The minimum Gasteiger partial charge on any atom is -0.391 e. The maximum absolute atomic E-state index is 11.9. The third kappa shape index (κ3) is 3.20. The van der Waals surface area contributed by atoms with Crippen molar-refractivity contribution in [2.75, 3.05) is 0 Å². The van der Waals surface area contributed by atoms with Gasteiger partial charge in [-0.1, -0.05) is 30.5 Å². The lowest BCUT2D eigenvalue weighted by atomic mass is 9.92. The predicted molar refractivity (Wildman–Crippen MR) is 67.2 cm³/mol. The number of rotatable bonds is 2. The second-order valence-corrected chi connectivity index (χ2v) is 4.88. The van der Waals surface area contributed by atoms with Gasteiger partial charge in [0.05, 0.1) is 12.1 Å². The molecule has 0 saturated heterocycles. The van der Waals surface area contributed by atoms with E-state index in [2.05, 4.69) is 5.32 Å². The SMILES string of the molecule is O=C(N[C@H]1CCCC[C@H]1O)c1cccc(Cl)c1. The minimum absolute atomic E-state index is 0.129. The van der Waals surface area contributed by atoms with Crippen LogP contribution in [0, 0.1) is 0 Å². The van der Waals surface area contributed by atoms with Crippen LogP contribution in [0.2, 0.25) is 5.02 Å². The van der Waals surface area contributed by atoms with Gasteiger partial charge in [-0.25, -0.2) is 0 Å². The number of hydrogen-bond donors (Lipinski definition) is 2. The second kappa shape index (κ2) is 5.52. The van der Waals surface area contributed by atoms with Crippen LogP contribution < -0.4 is 5.32 Å². The number of halogens is 1. The van der Waals surface area contributed by atoms with E-state index in [1.165, 1.54) is 0 Å². The van der Waals surface area contributed by atoms with Crippen molar-refractivity contribution in [3.8, 4) is 0 Å². The van der Waals surface area contributed by atoms with E-state index in [4.69, 9.17) is 11.6 Å². The molecule has 3 nitrogen and oxygen atoms in total. The predicted octanol–water partition coefficient (Wildman–Crippen LogP) is 2.37. The molecule has 0 radical (unpaired) electrons. The first-order valence-corrected chi connectivity index (χ1v) is 6.29. The summed E-state index contributed by atoms with van der Waals surface area (Å²) in [5.41, 5.74) is 0.537. The van der Waals surface area contributed by atoms with Gasteiger partial charge in [-0.3, -0.25) is 4.79 Å². The molecule has 17 heavy (non-hydrogen) atoms. The summed E-state index contributed by atoms with van der Waals surface area (Å²) in [6.45, 7) is 0. The second-order valence-electron chi connectivity index (χ2n) is 4.44. The fraction of sp³-hybridized carbons (Fsp3) is 0.462. The van der Waals surface area contributed by atoms with Crippen molar-refractivity contribution in [3.05, 3.63) is 34.9 Å². The minimum atomic E-state index is -0.424. The summed E-state index contributed by atoms with van der Waals surface area (Å²) in [4.78, 5) is 11.9. The van der Waals surface area contributed by atoms with Crippen LogP contribution in [0.1, 0.15) is 36.0 Å². The number of aliphatic hydroxyl groups is 1. The van der Waals surface area contributed by atoms with Crippen molar-refractivity contribution in [2.24, 2.45) is 0 Å². The Morgan fingerprint density at radius 3 is 2.82 bits per heavy atom. The monoisotopic (exact) mass is 253 g/mol. The lowest BCUT2D eigenvalue weighted by Gasteiger charge is -2.28. The summed E-state index contributed by atoms with van der Waals surface area (Å²) >= 11 is 5.83. The van der Waals surface area contributed by atoms with E-state index < -0.39 is 6.10 Å². The molecule has 92 valence electrons. The first-order valence-electron chi connectivity index (χ1n) is 5.91. The number of hydrogen-bond acceptors (Lipinski definition) is 2. The number of aliphatic hydroxyl groups excluding tert-OH is 1. The van der Waals surface area contributed by atoms with Gasteiger partial charge in [0.25, 0.3) is 5.91 Å². The third-order valence-electron chi connectivity index (χ3n) is 3.13. The Hall–Kier alpha value is -1.06. The lowest BCUT2D eigenvalue weighted by Crippen LogP contribution is -2.45. The number of amides is 1. The van der Waals surface area contributed by atoms with E-state index in [1.54, 1.807) is 24.3 Å². The van der Waals surface area contributed by atoms with E-state index in [9.17, 15) is 9.90 Å². The van der Waals surface area contributed by atoms with Crippen LogP contribution >= 0.6 is 11.6 Å². The largest absolute Gasteiger partial charge is 0.391 e. The van der Waals surface area contributed by atoms with Crippen molar-refractivity contribution in [3.63, 3.8) is 0 Å². The van der Waals surface area contributed by atoms with Crippen LogP contribution in [0.25, 0.3) is 0 Å². The fourth-order valence-electron chi connectivity index (χ4n) is 2.16. The topological polar surface area (TPSA) is 49.3 Å². The molecule has 1 amide bonds. The highest BCUT2D eigenvalue weighted by Crippen LogP contribution is 2.19. The average molecular weight is 254 g/mol. The standard InChI is InChI=1S/C13H16ClNO2/c14-10-5-3-4-9(8-10)13(17)15-11-6-1-2-7-12(11)16/h3-5,8,11-12,16H,1-2,6-7H2,(H,15,17)/t11-,12+/m0/s1. The molecule has 0 unspecified atom stereocenters. The van der Waals surface area contributed by atoms with Crippen LogP contribution in [0.3, 0.4) is 0 Å². The summed E-state index contributed by atoms with van der Waals surface area (Å²) in [7, 11) is 0. The fourth-order valence-corrected chi connectivity index (χ4v) is 2.35. The van der Waals surface area contributed by atoms with Crippen molar-refractivity contribution in [1.82, 2.24) is 5.32 Å². The Morgan fingerprint density at radius 1 is 1.35 bits per heavy atom. The molecule has 1 aliphatic carbocycles. The van der Waals surface area contributed by atoms with Crippen LogP contribution in [-0.2, 0) is 0 Å². The quantitative estimate of drug-likeness (QED) is 0.850. The summed E-state index contributed by atoms with van der Waals surface area (Å²) in [6, 6.07) is 6.69. The summed E-state index contributed by atoms with van der Waals surface area (Å²) in [5, 5.41) is 13.2. The molecule has 0 bridgehead atoms. The number of benzene rings is 1. The molecule has 1 saturated carbocycles. The zero-order valence-electron chi connectivity index (χ0n) is 9.53. The van der Waals surface area contributed by atoms with Gasteiger partial charge in [-0.15, -0.1) is 0 Å². The molecule has 2 rings (SSSR count). The Morgan fingerprint density at radius 2 is 2.12 bits per heavy atom. The number of nitrogens with one attached hydrogen (secondary N) is 1. The highest BCUT2D eigenvalue weighted by atomic mass is 35.5. The first kappa shape index (κ1) is 12.4. The Labute approximate surface area is 106 Å². The highest BCUT2D eigenvalue weighted by Gasteiger charge is 2.24. The van der Waals surface area contributed by atoms with Crippen molar-refractivity contribution < 1.29 is 9.90 Å². The summed E-state index contributed by atoms with van der Waals surface area (Å²) < 4.78 is 0. The third-order valence-corrected chi connectivity index (χ3v) is 3.37. The molecule has 0 aliphatic heterocycles. The molecule has 1 aromatic rings. The molecular weight excluding hydrogens is 238 g/mol. The molecule has 0 aromatic heterocycles. The van der Waals surface area contributed by atoms with Gasteiger partial charge in [0, 0.05) is 10.6 Å². The van der Waals surface area contributed by atoms with Crippen molar-refractivity contribution in [1.29, 1.82) is 0 Å². The van der Waals surface area contributed by atoms with Crippen molar-refractivity contribution in [2.45, 2.75) is 37.8 Å². The van der Waals surface area contributed by atoms with Gasteiger partial charge in [-0.05, 0) is 31.0 Å². The normalized spacial score (nSPS) is 24.4. The summed E-state index contributed by atoms with van der Waals surface area (Å²) in [5.74, 6) is -0.168. The molecule has 1 aromatic carbocycles. The zero-order valence-corrected chi connectivity index (χ0v) is 10.3. The Kier molecular flexibility index (Phi) is 4.02. The van der Waals surface area contributed by atoms with Gasteiger partial charge in [-0.2, -0.15) is 0 Å². The average Bonchev–Trinajstić information content (AvgIpc) is 2.32. The van der Waals surface area contributed by atoms with E-state index in [0.717, 1.165) is 25.7 Å². The van der Waals surface area contributed by atoms with E-state index in [1.807, 2.05) is 0 Å². The molecule has 0 spiro atoms. The van der Waals surface area contributed by atoms with Gasteiger partial charge < -0.3 is 10.4 Å². The van der Waals surface area contributed by atoms with E-state index in [0.29, 0.717) is 10.6 Å². The van der Waals surface area contributed by atoms with Crippen LogP contribution in [0.4, 0.5) is 0 Å². The van der Waals surface area contributed by atoms with E-state index in [-0.39, 0.29) is 11.9 Å². The Balaban J connectivity index is 2.01. The van der Waals surface area contributed by atoms with Crippen LogP contribution in [0.5, 0.6) is 0 Å². The maximum Gasteiger partial charge on any atom is 0.251 e. The summed E-state index contributed by atoms with van der Waals surface area (Å²) in [6.07, 6.45) is 3.27. The molecule has 1 fully saturated rings. The number of carbonyl (C=O) groups is 1. The zero-order chi connectivity index (χ0) is 12.3. The maximum atomic E-state index is 11.9. The Bertz CT molecular complexity index is 408. The number of carbonyl (C=O) groups excluding carboxylic acids is 1. The van der Waals surface area contributed by atoms with Crippen molar-refractivity contribution >= 4 is 17.5 Å². The van der Waals surface area contributed by atoms with Crippen LogP contribution in [0.15, 0.2) is 24.3 Å².